The van der Waals surface area contributed by atoms with Gasteiger partial charge in [0.25, 0.3) is 5.91 Å². The molecule has 0 aliphatic heterocycles. The summed E-state index contributed by atoms with van der Waals surface area (Å²) in [6.45, 7) is 1.23. The Morgan fingerprint density at radius 2 is 1.80 bits per heavy atom. The first-order valence-corrected chi connectivity index (χ1v) is 7.03. The van der Waals surface area contributed by atoms with E-state index in [9.17, 15) is 19.5 Å². The molecular formula is C16H14N4O5. The van der Waals surface area contributed by atoms with E-state index in [1.807, 2.05) is 0 Å². The summed E-state index contributed by atoms with van der Waals surface area (Å²) in [5.41, 5.74) is -0.922. The molecule has 4 N–H and O–H groups in total. The number of hydrogen-bond donors (Lipinski definition) is 4. The number of carbonyl (C=O) groups excluding carboxylic acids is 1. The molecule has 0 radical (unpaired) electrons. The van der Waals surface area contributed by atoms with E-state index in [-0.39, 0.29) is 17.1 Å². The van der Waals surface area contributed by atoms with Gasteiger partial charge in [-0.1, -0.05) is 18.2 Å². The molecule has 0 fully saturated rings. The lowest BCUT2D eigenvalue weighted by atomic mass is 10.2. The van der Waals surface area contributed by atoms with E-state index in [0.29, 0.717) is 0 Å². The third-order valence-corrected chi connectivity index (χ3v) is 2.97. The molecular weight excluding hydrogens is 328 g/mol. The highest BCUT2D eigenvalue weighted by atomic mass is 16.4. The first-order chi connectivity index (χ1) is 11.9. The number of rotatable bonds is 5. The van der Waals surface area contributed by atoms with Gasteiger partial charge >= 0.3 is 5.97 Å². The molecule has 2 rings (SSSR count). The number of amides is 1. The average molecular weight is 342 g/mol. The molecule has 1 aromatic carbocycles. The molecule has 2 aromatic rings. The fraction of sp³-hybridized carbons (Fsp3) is 0.0625. The number of aromatic carboxylic acids is 1. The molecule has 0 saturated carbocycles. The highest BCUT2D eigenvalue weighted by Crippen LogP contribution is 2.20. The van der Waals surface area contributed by atoms with Crippen LogP contribution in [0, 0.1) is 0 Å². The molecule has 128 valence electrons. The molecule has 0 saturated heterocycles. The number of aliphatic hydroxyl groups is 1. The maximum Gasteiger partial charge on any atom is 0.337 e. The number of azo groups is 1. The van der Waals surface area contributed by atoms with Crippen molar-refractivity contribution < 1.29 is 19.8 Å². The van der Waals surface area contributed by atoms with Gasteiger partial charge in [0.05, 0.1) is 5.56 Å². The van der Waals surface area contributed by atoms with Crippen molar-refractivity contribution in [3.05, 3.63) is 69.8 Å². The fourth-order valence-electron chi connectivity index (χ4n) is 1.83. The lowest BCUT2D eigenvalue weighted by Gasteiger charge is -2.05. The number of benzene rings is 1. The van der Waals surface area contributed by atoms with Crippen molar-refractivity contribution in [3.63, 3.8) is 0 Å². The monoisotopic (exact) mass is 342 g/mol. The standard InChI is InChI=1S/C16H14N4O5/c1-9(21)14(15(23)18-12-7-4-8-13(22)17-12)20-19-11-6-3-2-5-10(11)16(24)25/h2-8,21H,1H3,(H,24,25)(H2,17,18,22,23)/b14-9+,20-19?. The first kappa shape index (κ1) is 17.6. The van der Waals surface area contributed by atoms with Gasteiger partial charge in [-0.3, -0.25) is 9.59 Å². The Hall–Kier alpha value is -3.75. The molecule has 0 spiro atoms. The zero-order valence-electron chi connectivity index (χ0n) is 13.1. The molecule has 1 aromatic heterocycles. The largest absolute Gasteiger partial charge is 0.510 e. The number of carboxylic acids is 1. The Balaban J connectivity index is 2.28. The van der Waals surface area contributed by atoms with Crippen LogP contribution in [0.5, 0.6) is 0 Å². The minimum Gasteiger partial charge on any atom is -0.510 e. The summed E-state index contributed by atoms with van der Waals surface area (Å²) in [4.78, 5) is 36.9. The quantitative estimate of drug-likeness (QED) is 0.375. The molecule has 0 unspecified atom stereocenters. The van der Waals surface area contributed by atoms with Gasteiger partial charge in [-0.15, -0.1) is 10.2 Å². The second kappa shape index (κ2) is 7.68. The van der Waals surface area contributed by atoms with Crippen molar-refractivity contribution in [3.8, 4) is 0 Å². The van der Waals surface area contributed by atoms with Crippen LogP contribution in [0.3, 0.4) is 0 Å². The molecule has 25 heavy (non-hydrogen) atoms. The predicted molar refractivity (Wildman–Crippen MR) is 88.9 cm³/mol. The summed E-state index contributed by atoms with van der Waals surface area (Å²) in [7, 11) is 0. The van der Waals surface area contributed by atoms with Crippen molar-refractivity contribution in [1.82, 2.24) is 4.98 Å². The summed E-state index contributed by atoms with van der Waals surface area (Å²) in [6, 6.07) is 9.98. The van der Waals surface area contributed by atoms with E-state index in [1.165, 1.54) is 43.3 Å². The van der Waals surface area contributed by atoms with E-state index in [4.69, 9.17) is 5.11 Å². The molecule has 0 bridgehead atoms. The molecule has 9 heteroatoms. The number of nitrogens with zero attached hydrogens (tertiary/aromatic N) is 2. The second-order valence-electron chi connectivity index (χ2n) is 4.84. The number of allylic oxidation sites excluding steroid dienone is 1. The molecule has 0 atom stereocenters. The number of aliphatic hydroxyl groups excluding tert-OH is 1. The van der Waals surface area contributed by atoms with E-state index >= 15 is 0 Å². The minimum absolute atomic E-state index is 0.0228. The molecule has 1 heterocycles. The van der Waals surface area contributed by atoms with Gasteiger partial charge in [0.2, 0.25) is 5.56 Å². The maximum atomic E-state index is 12.2. The molecule has 1 amide bonds. The van der Waals surface area contributed by atoms with Gasteiger partial charge in [-0.2, -0.15) is 0 Å². The Bertz CT molecular complexity index is 926. The van der Waals surface area contributed by atoms with Crippen LogP contribution in [0.25, 0.3) is 0 Å². The lowest BCUT2D eigenvalue weighted by molar-refractivity contribution is -0.113. The summed E-state index contributed by atoms with van der Waals surface area (Å²) in [6.07, 6.45) is 0. The maximum absolute atomic E-state index is 12.2. The first-order valence-electron chi connectivity index (χ1n) is 7.03. The van der Waals surface area contributed by atoms with Crippen LogP contribution in [0.2, 0.25) is 0 Å². The summed E-state index contributed by atoms with van der Waals surface area (Å²) < 4.78 is 0. The number of carboxylic acid groups (broad SMARTS) is 1. The number of carbonyl (C=O) groups is 2. The van der Waals surface area contributed by atoms with Gasteiger partial charge in [-0.05, 0) is 25.1 Å². The number of hydrogen-bond acceptors (Lipinski definition) is 6. The molecule has 9 nitrogen and oxygen atoms in total. The molecule has 0 aliphatic rings. The number of aromatic amines is 1. The van der Waals surface area contributed by atoms with Crippen LogP contribution >= 0.6 is 0 Å². The average Bonchev–Trinajstić information content (AvgIpc) is 2.55. The van der Waals surface area contributed by atoms with Crippen LogP contribution in [-0.4, -0.2) is 27.1 Å². The van der Waals surface area contributed by atoms with Crippen LogP contribution < -0.4 is 10.9 Å². The van der Waals surface area contributed by atoms with Crippen molar-refractivity contribution in [2.24, 2.45) is 10.2 Å². The van der Waals surface area contributed by atoms with Crippen molar-refractivity contribution in [2.45, 2.75) is 6.92 Å². The van der Waals surface area contributed by atoms with E-state index in [2.05, 4.69) is 20.5 Å². The Morgan fingerprint density at radius 3 is 2.44 bits per heavy atom. The highest BCUT2D eigenvalue weighted by Gasteiger charge is 2.15. The third-order valence-electron chi connectivity index (χ3n) is 2.97. The highest BCUT2D eigenvalue weighted by molar-refractivity contribution is 6.03. The number of pyridine rings is 1. The Morgan fingerprint density at radius 1 is 1.08 bits per heavy atom. The zero-order valence-corrected chi connectivity index (χ0v) is 13.1. The smallest absolute Gasteiger partial charge is 0.337 e. The third kappa shape index (κ3) is 4.61. The number of H-pyrrole nitrogens is 1. The van der Waals surface area contributed by atoms with Crippen molar-refractivity contribution in [1.29, 1.82) is 0 Å². The van der Waals surface area contributed by atoms with Gasteiger partial charge in [0.1, 0.15) is 17.3 Å². The SMILES string of the molecule is C/C(O)=C(\N=Nc1ccccc1C(=O)O)C(=O)Nc1cccc(=O)[nH]1. The number of nitrogens with one attached hydrogen (secondary N) is 2. The summed E-state index contributed by atoms with van der Waals surface area (Å²) >= 11 is 0. The lowest BCUT2D eigenvalue weighted by Crippen LogP contribution is -2.17. The number of aromatic nitrogens is 1. The second-order valence-corrected chi connectivity index (χ2v) is 4.84. The normalized spacial score (nSPS) is 11.9. The van der Waals surface area contributed by atoms with Crippen molar-refractivity contribution in [2.75, 3.05) is 5.32 Å². The minimum atomic E-state index is -1.20. The van der Waals surface area contributed by atoms with Crippen LogP contribution in [-0.2, 0) is 4.79 Å². The van der Waals surface area contributed by atoms with Gasteiger partial charge < -0.3 is 20.5 Å². The van der Waals surface area contributed by atoms with Crippen LogP contribution in [0.15, 0.2) is 68.9 Å². The van der Waals surface area contributed by atoms with Gasteiger partial charge in [0, 0.05) is 6.07 Å². The topological polar surface area (TPSA) is 144 Å². The zero-order chi connectivity index (χ0) is 18.4. The van der Waals surface area contributed by atoms with E-state index in [0.717, 1.165) is 0 Å². The van der Waals surface area contributed by atoms with E-state index in [1.54, 1.807) is 6.07 Å². The van der Waals surface area contributed by atoms with Crippen molar-refractivity contribution >= 4 is 23.4 Å². The summed E-state index contributed by atoms with van der Waals surface area (Å²) in [5.74, 6) is -2.34. The van der Waals surface area contributed by atoms with Gasteiger partial charge in [0.15, 0.2) is 5.70 Å². The van der Waals surface area contributed by atoms with Crippen LogP contribution in [0.1, 0.15) is 17.3 Å². The Labute approximate surface area is 141 Å². The predicted octanol–water partition coefficient (Wildman–Crippen LogP) is 2.58. The fourth-order valence-corrected chi connectivity index (χ4v) is 1.83. The van der Waals surface area contributed by atoms with Crippen LogP contribution in [0.4, 0.5) is 11.5 Å². The number of anilines is 1. The van der Waals surface area contributed by atoms with Gasteiger partial charge in [-0.25, -0.2) is 4.79 Å². The summed E-state index contributed by atoms with van der Waals surface area (Å²) in [5, 5.41) is 28.5. The van der Waals surface area contributed by atoms with E-state index < -0.39 is 28.9 Å². The molecule has 0 aliphatic carbocycles. The Kier molecular flexibility index (Phi) is 5.41.